The number of rotatable bonds is 6. The molecule has 166 valence electrons. The van der Waals surface area contributed by atoms with Crippen molar-refractivity contribution >= 4 is 50.9 Å². The van der Waals surface area contributed by atoms with Crippen LogP contribution in [-0.2, 0) is 19.6 Å². The molecule has 1 saturated heterocycles. The van der Waals surface area contributed by atoms with Crippen molar-refractivity contribution in [2.45, 2.75) is 37.2 Å². The van der Waals surface area contributed by atoms with Gasteiger partial charge in [0.2, 0.25) is 10.0 Å². The summed E-state index contributed by atoms with van der Waals surface area (Å²) in [5.41, 5.74) is -0.0238. The fraction of sp³-hybridized carbons (Fsp3) is 0.350. The maximum atomic E-state index is 12.9. The van der Waals surface area contributed by atoms with Crippen molar-refractivity contribution in [1.29, 1.82) is 0 Å². The summed E-state index contributed by atoms with van der Waals surface area (Å²) in [5.74, 6) is -1.20. The van der Waals surface area contributed by atoms with Crippen LogP contribution >= 0.6 is 23.2 Å². The molecule has 2 aromatic rings. The molecule has 1 atom stereocenters. The molecule has 31 heavy (non-hydrogen) atoms. The Balaban J connectivity index is 1.72. The summed E-state index contributed by atoms with van der Waals surface area (Å²) in [6.07, 6.45) is 2.73. The van der Waals surface area contributed by atoms with E-state index in [2.05, 4.69) is 10.3 Å². The second-order valence-electron chi connectivity index (χ2n) is 7.01. The number of esters is 1. The van der Waals surface area contributed by atoms with Crippen LogP contribution in [-0.4, -0.2) is 48.8 Å². The van der Waals surface area contributed by atoms with Crippen LogP contribution in [0.5, 0.6) is 0 Å². The number of hydrogen-bond acceptors (Lipinski definition) is 6. The minimum Gasteiger partial charge on any atom is -0.449 e. The van der Waals surface area contributed by atoms with Crippen molar-refractivity contribution < 1.29 is 22.7 Å². The number of benzene rings is 1. The van der Waals surface area contributed by atoms with Crippen molar-refractivity contribution in [3.8, 4) is 0 Å². The van der Waals surface area contributed by atoms with Crippen LogP contribution in [0.3, 0.4) is 0 Å². The molecule has 11 heteroatoms. The molecule has 2 heterocycles. The monoisotopic (exact) mass is 485 g/mol. The predicted octanol–water partition coefficient (Wildman–Crippen LogP) is 3.75. The van der Waals surface area contributed by atoms with Crippen LogP contribution in [0.1, 0.15) is 36.5 Å². The zero-order valence-corrected chi connectivity index (χ0v) is 19.0. The highest BCUT2D eigenvalue weighted by molar-refractivity contribution is 7.89. The molecule has 1 aromatic carbocycles. The Morgan fingerprint density at radius 1 is 1.13 bits per heavy atom. The summed E-state index contributed by atoms with van der Waals surface area (Å²) in [6, 6.07) is 6.92. The second kappa shape index (κ2) is 9.95. The largest absolute Gasteiger partial charge is 0.449 e. The summed E-state index contributed by atoms with van der Waals surface area (Å²) in [7, 11) is -3.84. The van der Waals surface area contributed by atoms with Gasteiger partial charge in [0, 0.05) is 19.3 Å². The van der Waals surface area contributed by atoms with E-state index in [9.17, 15) is 18.0 Å². The van der Waals surface area contributed by atoms with Crippen molar-refractivity contribution in [1.82, 2.24) is 9.29 Å². The van der Waals surface area contributed by atoms with Crippen molar-refractivity contribution in [3.63, 3.8) is 0 Å². The number of ether oxygens (including phenoxy) is 1. The first-order chi connectivity index (χ1) is 14.7. The lowest BCUT2D eigenvalue weighted by molar-refractivity contribution is -0.123. The third-order valence-electron chi connectivity index (χ3n) is 4.73. The summed E-state index contributed by atoms with van der Waals surface area (Å²) in [6.45, 7) is 2.21. The van der Waals surface area contributed by atoms with E-state index in [1.807, 2.05) is 0 Å². The van der Waals surface area contributed by atoms with Crippen LogP contribution in [0.4, 0.5) is 5.82 Å². The van der Waals surface area contributed by atoms with Gasteiger partial charge in [-0.1, -0.05) is 29.6 Å². The molecular formula is C20H21Cl2N3O5S. The van der Waals surface area contributed by atoms with Gasteiger partial charge in [-0.2, -0.15) is 4.31 Å². The molecule has 0 aliphatic carbocycles. The van der Waals surface area contributed by atoms with Gasteiger partial charge in [0.15, 0.2) is 6.10 Å². The quantitative estimate of drug-likeness (QED) is 0.624. The fourth-order valence-electron chi connectivity index (χ4n) is 3.03. The number of pyridine rings is 1. The summed E-state index contributed by atoms with van der Waals surface area (Å²) < 4.78 is 32.5. The highest BCUT2D eigenvalue weighted by Gasteiger charge is 2.29. The van der Waals surface area contributed by atoms with Gasteiger partial charge in [-0.3, -0.25) is 4.79 Å². The standard InChI is InChI=1S/C20H21Cl2N3O5S/c1-13(19(26)24-18-8-6-15(21)12-23-18)30-20(27)14-5-7-16(22)17(11-14)31(28,29)25-9-3-2-4-10-25/h5-8,11-13H,2-4,9-10H2,1H3,(H,23,24,26). The topological polar surface area (TPSA) is 106 Å². The van der Waals surface area contributed by atoms with Crippen LogP contribution in [0.2, 0.25) is 10.0 Å². The van der Waals surface area contributed by atoms with Gasteiger partial charge >= 0.3 is 5.97 Å². The molecule has 0 radical (unpaired) electrons. The molecule has 1 aliphatic heterocycles. The van der Waals surface area contributed by atoms with Crippen molar-refractivity contribution in [2.24, 2.45) is 0 Å². The third kappa shape index (κ3) is 5.74. The number of carbonyl (C=O) groups excluding carboxylic acids is 2. The lowest BCUT2D eigenvalue weighted by atomic mass is 10.2. The lowest BCUT2D eigenvalue weighted by Crippen LogP contribution is -2.36. The Morgan fingerprint density at radius 3 is 2.48 bits per heavy atom. The third-order valence-corrected chi connectivity index (χ3v) is 7.34. The first kappa shape index (κ1) is 23.5. The second-order valence-corrected chi connectivity index (χ2v) is 9.76. The van der Waals surface area contributed by atoms with Crippen LogP contribution < -0.4 is 5.32 Å². The van der Waals surface area contributed by atoms with E-state index in [0.29, 0.717) is 18.1 Å². The number of sulfonamides is 1. The van der Waals surface area contributed by atoms with E-state index >= 15 is 0 Å². The summed E-state index contributed by atoms with van der Waals surface area (Å²) in [4.78, 5) is 28.6. The molecule has 8 nitrogen and oxygen atoms in total. The van der Waals surface area contributed by atoms with Gasteiger partial charge in [0.25, 0.3) is 5.91 Å². The average Bonchev–Trinajstić information content (AvgIpc) is 2.76. The maximum Gasteiger partial charge on any atom is 0.338 e. The van der Waals surface area contributed by atoms with Gasteiger partial charge in [-0.25, -0.2) is 18.2 Å². The number of amides is 1. The maximum absolute atomic E-state index is 12.9. The lowest BCUT2D eigenvalue weighted by Gasteiger charge is -2.26. The minimum atomic E-state index is -3.84. The summed E-state index contributed by atoms with van der Waals surface area (Å²) >= 11 is 11.9. The number of nitrogens with one attached hydrogen (secondary N) is 1. The number of nitrogens with zero attached hydrogens (tertiary/aromatic N) is 2. The van der Waals surface area contributed by atoms with E-state index in [-0.39, 0.29) is 21.3 Å². The molecule has 1 amide bonds. The highest BCUT2D eigenvalue weighted by Crippen LogP contribution is 2.28. The number of aromatic nitrogens is 1. The SMILES string of the molecule is CC(OC(=O)c1ccc(Cl)c(S(=O)(=O)N2CCCCC2)c1)C(=O)Nc1ccc(Cl)cn1. The molecule has 1 fully saturated rings. The zero-order chi connectivity index (χ0) is 22.6. The van der Waals surface area contributed by atoms with E-state index in [1.54, 1.807) is 6.07 Å². The van der Waals surface area contributed by atoms with Crippen molar-refractivity contribution in [3.05, 3.63) is 52.1 Å². The number of anilines is 1. The Kier molecular flexibility index (Phi) is 7.53. The Bertz CT molecular complexity index is 1070. The first-order valence-corrected chi connectivity index (χ1v) is 11.8. The number of carbonyl (C=O) groups is 2. The van der Waals surface area contributed by atoms with Crippen LogP contribution in [0, 0.1) is 0 Å². The van der Waals surface area contributed by atoms with E-state index in [1.165, 1.54) is 41.7 Å². The highest BCUT2D eigenvalue weighted by atomic mass is 35.5. The smallest absolute Gasteiger partial charge is 0.338 e. The Labute approximate surface area is 190 Å². The van der Waals surface area contributed by atoms with E-state index in [4.69, 9.17) is 27.9 Å². The normalized spacial score (nSPS) is 15.8. The molecule has 0 saturated carbocycles. The van der Waals surface area contributed by atoms with Crippen LogP contribution in [0.15, 0.2) is 41.4 Å². The van der Waals surface area contributed by atoms with Gasteiger partial charge in [-0.15, -0.1) is 0 Å². The van der Waals surface area contributed by atoms with E-state index in [0.717, 1.165) is 19.3 Å². The molecule has 0 spiro atoms. The zero-order valence-electron chi connectivity index (χ0n) is 16.7. The predicted molar refractivity (Wildman–Crippen MR) is 117 cm³/mol. The molecular weight excluding hydrogens is 465 g/mol. The molecule has 1 N–H and O–H groups in total. The molecule has 1 unspecified atom stereocenters. The van der Waals surface area contributed by atoms with Crippen LogP contribution in [0.25, 0.3) is 0 Å². The number of hydrogen-bond donors (Lipinski definition) is 1. The van der Waals surface area contributed by atoms with Gasteiger partial charge in [0.1, 0.15) is 10.7 Å². The van der Waals surface area contributed by atoms with Gasteiger partial charge < -0.3 is 10.1 Å². The minimum absolute atomic E-state index is 0.0155. The van der Waals surface area contributed by atoms with E-state index < -0.39 is 28.0 Å². The fourth-order valence-corrected chi connectivity index (χ4v) is 5.16. The Morgan fingerprint density at radius 2 is 1.84 bits per heavy atom. The molecule has 1 aliphatic rings. The Hall–Kier alpha value is -2.20. The molecule has 3 rings (SSSR count). The van der Waals surface area contributed by atoms with Gasteiger partial charge in [0.05, 0.1) is 15.6 Å². The number of halogens is 2. The van der Waals surface area contributed by atoms with Crippen molar-refractivity contribution in [2.75, 3.05) is 18.4 Å². The number of piperidine rings is 1. The van der Waals surface area contributed by atoms with Gasteiger partial charge in [-0.05, 0) is 50.1 Å². The molecule has 0 bridgehead atoms. The summed E-state index contributed by atoms with van der Waals surface area (Å²) in [5, 5.41) is 2.93. The molecule has 1 aromatic heterocycles. The first-order valence-electron chi connectivity index (χ1n) is 9.61. The average molecular weight is 486 g/mol.